The highest BCUT2D eigenvalue weighted by atomic mass is 32.1. The molecule has 20 heavy (non-hydrogen) atoms. The fraction of sp³-hybridized carbons (Fsp3) is 0.667. The van der Waals surface area contributed by atoms with Crippen molar-refractivity contribution in [1.82, 2.24) is 10.3 Å². The van der Waals surface area contributed by atoms with Crippen LogP contribution in [0.3, 0.4) is 0 Å². The van der Waals surface area contributed by atoms with E-state index in [1.807, 2.05) is 0 Å². The molecule has 0 aliphatic heterocycles. The smallest absolute Gasteiger partial charge is 0.346 e. The summed E-state index contributed by atoms with van der Waals surface area (Å²) < 4.78 is 37.5. The van der Waals surface area contributed by atoms with Crippen molar-refractivity contribution in [2.45, 2.75) is 45.5 Å². The van der Waals surface area contributed by atoms with Gasteiger partial charge >= 0.3 is 6.18 Å². The van der Waals surface area contributed by atoms with Gasteiger partial charge in [0.2, 0.25) is 5.91 Å². The number of carbonyl (C=O) groups is 1. The normalized spacial score (nSPS) is 15.2. The minimum absolute atomic E-state index is 0.0467. The molecule has 0 fully saturated rings. The minimum Gasteiger partial charge on any atom is -0.346 e. The molecule has 1 aromatic heterocycles. The first-order chi connectivity index (χ1) is 9.16. The first-order valence-corrected chi connectivity index (χ1v) is 7.13. The maximum atomic E-state index is 12.5. The Labute approximate surface area is 119 Å². The molecule has 0 radical (unpaired) electrons. The van der Waals surface area contributed by atoms with Gasteiger partial charge in [0.25, 0.3) is 0 Å². The molecule has 1 unspecified atom stereocenters. The van der Waals surface area contributed by atoms with Crippen LogP contribution in [0, 0.1) is 5.92 Å². The number of nitrogens with one attached hydrogen (secondary N) is 1. The van der Waals surface area contributed by atoms with Gasteiger partial charge in [0.05, 0.1) is 12.1 Å². The molecule has 0 aliphatic carbocycles. The summed E-state index contributed by atoms with van der Waals surface area (Å²) in [5, 5.41) is 3.84. The Morgan fingerprint density at radius 2 is 2.10 bits per heavy atom. The molecule has 0 saturated heterocycles. The number of alkyl halides is 3. The number of thiazole rings is 1. The molecule has 3 N–H and O–H groups in total. The van der Waals surface area contributed by atoms with Crippen molar-refractivity contribution in [2.75, 3.05) is 0 Å². The zero-order valence-electron chi connectivity index (χ0n) is 11.5. The highest BCUT2D eigenvalue weighted by molar-refractivity contribution is 7.09. The third kappa shape index (κ3) is 4.17. The topological polar surface area (TPSA) is 68.0 Å². The van der Waals surface area contributed by atoms with Crippen molar-refractivity contribution in [3.63, 3.8) is 0 Å². The first-order valence-electron chi connectivity index (χ1n) is 6.25. The van der Waals surface area contributed by atoms with Gasteiger partial charge in [0, 0.05) is 5.38 Å². The molecule has 8 heteroatoms. The van der Waals surface area contributed by atoms with Crippen LogP contribution in [-0.4, -0.2) is 16.9 Å². The molecule has 1 aromatic rings. The average Bonchev–Trinajstić information content (AvgIpc) is 2.83. The van der Waals surface area contributed by atoms with E-state index in [9.17, 15) is 18.0 Å². The predicted octanol–water partition coefficient (Wildman–Crippen LogP) is 2.71. The number of nitrogens with zero attached hydrogens (tertiary/aromatic N) is 1. The molecule has 1 amide bonds. The average molecular weight is 309 g/mol. The highest BCUT2D eigenvalue weighted by Gasteiger charge is 2.34. The van der Waals surface area contributed by atoms with Crippen molar-refractivity contribution in [2.24, 2.45) is 11.7 Å². The van der Waals surface area contributed by atoms with Crippen molar-refractivity contribution >= 4 is 17.2 Å². The Hall–Kier alpha value is -1.15. The SMILES string of the molecule is CCC(NC(=O)[C@@H](N)C(C)C)c1nc(C(F)(F)F)cs1. The molecule has 0 spiro atoms. The molecule has 0 bridgehead atoms. The van der Waals surface area contributed by atoms with Gasteiger partial charge in [-0.2, -0.15) is 13.2 Å². The quantitative estimate of drug-likeness (QED) is 0.878. The largest absolute Gasteiger partial charge is 0.434 e. The van der Waals surface area contributed by atoms with E-state index in [0.29, 0.717) is 6.42 Å². The van der Waals surface area contributed by atoms with Crippen LogP contribution in [0.15, 0.2) is 5.38 Å². The van der Waals surface area contributed by atoms with Gasteiger partial charge in [-0.1, -0.05) is 20.8 Å². The zero-order chi connectivity index (χ0) is 15.5. The Bertz CT molecular complexity index is 459. The lowest BCUT2D eigenvalue weighted by Gasteiger charge is -2.20. The standard InChI is InChI=1S/C12H18F3N3OS/c1-4-7(17-10(19)9(16)6(2)3)11-18-8(5-20-11)12(13,14)15/h5-7,9H,4,16H2,1-3H3,(H,17,19)/t7?,9-/m0/s1. The molecular weight excluding hydrogens is 291 g/mol. The van der Waals surface area contributed by atoms with Crippen molar-refractivity contribution in [1.29, 1.82) is 0 Å². The maximum absolute atomic E-state index is 12.5. The monoisotopic (exact) mass is 309 g/mol. The third-order valence-electron chi connectivity index (χ3n) is 2.86. The lowest BCUT2D eigenvalue weighted by molar-refractivity contribution is -0.140. The number of halogens is 3. The summed E-state index contributed by atoms with van der Waals surface area (Å²) in [6.07, 6.45) is -4.02. The second-order valence-corrected chi connectivity index (χ2v) is 5.70. The van der Waals surface area contributed by atoms with E-state index < -0.39 is 24.0 Å². The van der Waals surface area contributed by atoms with Crippen LogP contribution in [0.2, 0.25) is 0 Å². The molecule has 0 aromatic carbocycles. The molecule has 0 saturated carbocycles. The van der Waals surface area contributed by atoms with Crippen LogP contribution in [0.5, 0.6) is 0 Å². The first kappa shape index (κ1) is 16.9. The summed E-state index contributed by atoms with van der Waals surface area (Å²) in [6.45, 7) is 5.37. The molecule has 1 heterocycles. The summed E-state index contributed by atoms with van der Waals surface area (Å²) in [7, 11) is 0. The van der Waals surface area contributed by atoms with E-state index in [0.717, 1.165) is 16.7 Å². The van der Waals surface area contributed by atoms with Crippen LogP contribution < -0.4 is 11.1 Å². The number of amides is 1. The van der Waals surface area contributed by atoms with Crippen LogP contribution in [0.1, 0.15) is 43.9 Å². The number of hydrogen-bond acceptors (Lipinski definition) is 4. The number of aromatic nitrogens is 1. The van der Waals surface area contributed by atoms with Gasteiger partial charge in [-0.3, -0.25) is 4.79 Å². The van der Waals surface area contributed by atoms with E-state index >= 15 is 0 Å². The summed E-state index contributed by atoms with van der Waals surface area (Å²) in [5.41, 5.74) is 4.77. The molecule has 0 aliphatic rings. The van der Waals surface area contributed by atoms with E-state index in [1.54, 1.807) is 20.8 Å². The van der Waals surface area contributed by atoms with Gasteiger partial charge in [-0.05, 0) is 12.3 Å². The van der Waals surface area contributed by atoms with Crippen LogP contribution in [0.25, 0.3) is 0 Å². The van der Waals surface area contributed by atoms with Gasteiger partial charge in [0.15, 0.2) is 5.69 Å². The zero-order valence-corrected chi connectivity index (χ0v) is 12.3. The van der Waals surface area contributed by atoms with Gasteiger partial charge < -0.3 is 11.1 Å². The minimum atomic E-state index is -4.47. The van der Waals surface area contributed by atoms with E-state index in [1.165, 1.54) is 0 Å². The molecule has 1 rings (SSSR count). The van der Waals surface area contributed by atoms with Crippen LogP contribution in [-0.2, 0) is 11.0 Å². The number of rotatable bonds is 5. The number of carbonyl (C=O) groups excluding carboxylic acids is 1. The van der Waals surface area contributed by atoms with E-state index in [2.05, 4.69) is 10.3 Å². The molecule has 114 valence electrons. The molecular formula is C12H18F3N3OS. The van der Waals surface area contributed by atoms with Crippen LogP contribution in [0.4, 0.5) is 13.2 Å². The summed E-state index contributed by atoms with van der Waals surface area (Å²) >= 11 is 0.885. The third-order valence-corrected chi connectivity index (χ3v) is 3.81. The lowest BCUT2D eigenvalue weighted by atomic mass is 10.0. The highest BCUT2D eigenvalue weighted by Crippen LogP contribution is 2.32. The summed E-state index contributed by atoms with van der Waals surface area (Å²) in [4.78, 5) is 15.4. The molecule has 4 nitrogen and oxygen atoms in total. The second kappa shape index (κ2) is 6.53. The Morgan fingerprint density at radius 3 is 2.50 bits per heavy atom. The molecule has 2 atom stereocenters. The van der Waals surface area contributed by atoms with Crippen molar-refractivity contribution in [3.8, 4) is 0 Å². The fourth-order valence-corrected chi connectivity index (χ4v) is 2.45. The Kier molecular flexibility index (Phi) is 5.52. The van der Waals surface area contributed by atoms with Crippen molar-refractivity contribution in [3.05, 3.63) is 16.1 Å². The van der Waals surface area contributed by atoms with E-state index in [4.69, 9.17) is 5.73 Å². The summed E-state index contributed by atoms with van der Waals surface area (Å²) in [6, 6.07) is -1.24. The van der Waals surface area contributed by atoms with E-state index in [-0.39, 0.29) is 16.8 Å². The predicted molar refractivity (Wildman–Crippen MR) is 71.1 cm³/mol. The van der Waals surface area contributed by atoms with Crippen molar-refractivity contribution < 1.29 is 18.0 Å². The van der Waals surface area contributed by atoms with Crippen LogP contribution >= 0.6 is 11.3 Å². The number of hydrogen-bond donors (Lipinski definition) is 2. The fourth-order valence-electron chi connectivity index (χ4n) is 1.49. The van der Waals surface area contributed by atoms with Gasteiger partial charge in [-0.15, -0.1) is 11.3 Å². The Balaban J connectivity index is 2.81. The summed E-state index contributed by atoms with van der Waals surface area (Å²) in [5.74, 6) is -0.426. The van der Waals surface area contributed by atoms with Gasteiger partial charge in [0.1, 0.15) is 5.01 Å². The lowest BCUT2D eigenvalue weighted by Crippen LogP contribution is -2.45. The number of nitrogens with two attached hydrogens (primary N) is 1. The second-order valence-electron chi connectivity index (χ2n) is 4.81. The Morgan fingerprint density at radius 1 is 1.50 bits per heavy atom. The van der Waals surface area contributed by atoms with Gasteiger partial charge in [-0.25, -0.2) is 4.98 Å². The maximum Gasteiger partial charge on any atom is 0.434 e.